The Hall–Kier alpha value is -1.03. The van der Waals surface area contributed by atoms with E-state index < -0.39 is 28.1 Å². The zero-order chi connectivity index (χ0) is 12.6. The minimum absolute atomic E-state index is 0.313. The number of aromatic nitrogens is 2. The number of hydrogen-bond acceptors (Lipinski definition) is 6. The Bertz CT molecular complexity index is 425. The second-order valence-corrected chi connectivity index (χ2v) is 4.68. The van der Waals surface area contributed by atoms with Crippen molar-refractivity contribution >= 4 is 21.9 Å². The average molecular weight is 308 g/mol. The van der Waals surface area contributed by atoms with Crippen molar-refractivity contribution in [2.45, 2.75) is 23.1 Å². The van der Waals surface area contributed by atoms with Crippen LogP contribution in [0.1, 0.15) is 11.8 Å². The van der Waals surface area contributed by atoms with E-state index in [0.29, 0.717) is 5.69 Å². The predicted molar refractivity (Wildman–Crippen MR) is 58.7 cm³/mol. The summed E-state index contributed by atoms with van der Waals surface area (Å²) in [6.45, 7) is -0.327. The number of aliphatic hydroxyl groups excluding tert-OH is 2. The minimum atomic E-state index is -0.888. The van der Waals surface area contributed by atoms with Crippen molar-refractivity contribution in [1.29, 1.82) is 0 Å². The van der Waals surface area contributed by atoms with Crippen LogP contribution in [0.15, 0.2) is 6.20 Å². The van der Waals surface area contributed by atoms with Gasteiger partial charge in [0.1, 0.15) is 18.4 Å². The first-order valence-corrected chi connectivity index (χ1v) is 5.74. The molecule has 17 heavy (non-hydrogen) atoms. The van der Waals surface area contributed by atoms with Crippen LogP contribution in [-0.2, 0) is 4.74 Å². The first kappa shape index (κ1) is 12.4. The molecule has 1 fully saturated rings. The van der Waals surface area contributed by atoms with Gasteiger partial charge in [0.05, 0.1) is 17.5 Å². The maximum absolute atomic E-state index is 10.5. The summed E-state index contributed by atoms with van der Waals surface area (Å²) in [5, 5.41) is 29.1. The lowest BCUT2D eigenvalue weighted by Gasteiger charge is -2.09. The molecule has 0 unspecified atom stereocenters. The molecule has 4 atom stereocenters. The molecule has 0 saturated carbocycles. The number of rotatable bonds is 3. The van der Waals surface area contributed by atoms with Crippen molar-refractivity contribution in [3.63, 3.8) is 0 Å². The molecule has 9 heteroatoms. The lowest BCUT2D eigenvalue weighted by molar-refractivity contribution is -0.393. The number of hydrogen-bond donors (Lipinski definition) is 3. The highest BCUT2D eigenvalue weighted by Crippen LogP contribution is 2.37. The zero-order valence-electron chi connectivity index (χ0n) is 8.49. The van der Waals surface area contributed by atoms with Crippen LogP contribution in [0.3, 0.4) is 0 Å². The number of ether oxygens (including phenoxy) is 1. The Morgan fingerprint density at radius 3 is 2.88 bits per heavy atom. The SMILES string of the molecule is O=[N+]([O-])c1nc([C@@H]2O[C@H](CO)[C@@H](O)[C@H]2Br)c[nH]1. The van der Waals surface area contributed by atoms with Crippen LogP contribution in [0.25, 0.3) is 0 Å². The zero-order valence-corrected chi connectivity index (χ0v) is 10.1. The molecule has 1 saturated heterocycles. The van der Waals surface area contributed by atoms with Crippen LogP contribution in [0.5, 0.6) is 0 Å². The van der Waals surface area contributed by atoms with Gasteiger partial charge in [-0.25, -0.2) is 4.98 Å². The molecule has 8 nitrogen and oxygen atoms in total. The number of H-pyrrole nitrogens is 1. The topological polar surface area (TPSA) is 122 Å². The van der Waals surface area contributed by atoms with Gasteiger partial charge in [0.2, 0.25) is 0 Å². The van der Waals surface area contributed by atoms with Crippen molar-refractivity contribution in [3.05, 3.63) is 22.0 Å². The third-order valence-electron chi connectivity index (χ3n) is 2.55. The van der Waals surface area contributed by atoms with Crippen molar-refractivity contribution in [3.8, 4) is 0 Å². The number of imidazole rings is 1. The van der Waals surface area contributed by atoms with E-state index >= 15 is 0 Å². The minimum Gasteiger partial charge on any atom is -0.394 e. The van der Waals surface area contributed by atoms with Crippen molar-refractivity contribution < 1.29 is 19.9 Å². The summed E-state index contributed by atoms with van der Waals surface area (Å²) in [5.41, 5.74) is 0.313. The number of nitrogens with one attached hydrogen (secondary N) is 1. The summed E-state index contributed by atoms with van der Waals surface area (Å²) in [4.78, 5) is 15.5. The summed E-state index contributed by atoms with van der Waals surface area (Å²) in [6, 6.07) is 0. The van der Waals surface area contributed by atoms with E-state index in [2.05, 4.69) is 25.9 Å². The Kier molecular flexibility index (Phi) is 3.43. The number of aliphatic hydroxyl groups is 2. The van der Waals surface area contributed by atoms with E-state index in [0.717, 1.165) is 0 Å². The molecule has 0 radical (unpaired) electrons. The second-order valence-electron chi connectivity index (χ2n) is 3.62. The van der Waals surface area contributed by atoms with Gasteiger partial charge >= 0.3 is 5.95 Å². The van der Waals surface area contributed by atoms with E-state index in [9.17, 15) is 15.2 Å². The molecule has 0 spiro atoms. The molecule has 0 aromatic carbocycles. The molecule has 2 heterocycles. The van der Waals surface area contributed by atoms with Crippen molar-refractivity contribution in [2.75, 3.05) is 6.61 Å². The Morgan fingerprint density at radius 2 is 2.41 bits per heavy atom. The summed E-state index contributed by atoms with van der Waals surface area (Å²) in [6.07, 6.45) is -0.892. The van der Waals surface area contributed by atoms with Gasteiger partial charge in [0, 0.05) is 0 Å². The molecule has 2 rings (SSSR count). The molecule has 0 aliphatic carbocycles. The average Bonchev–Trinajstić information content (AvgIpc) is 2.87. The number of alkyl halides is 1. The number of nitrogens with zero attached hydrogens (tertiary/aromatic N) is 2. The van der Waals surface area contributed by atoms with Gasteiger partial charge in [-0.15, -0.1) is 0 Å². The normalized spacial score (nSPS) is 32.9. The summed E-state index contributed by atoms with van der Waals surface area (Å²) < 4.78 is 5.36. The molecule has 0 bridgehead atoms. The van der Waals surface area contributed by atoms with Crippen LogP contribution >= 0.6 is 15.9 Å². The van der Waals surface area contributed by atoms with Gasteiger partial charge in [-0.1, -0.05) is 20.9 Å². The van der Waals surface area contributed by atoms with Crippen molar-refractivity contribution in [2.24, 2.45) is 0 Å². The summed E-state index contributed by atoms with van der Waals surface area (Å²) in [5.74, 6) is -0.384. The lowest BCUT2D eigenvalue weighted by Crippen LogP contribution is -2.29. The molecule has 1 aromatic heterocycles. The van der Waals surface area contributed by atoms with E-state index in [4.69, 9.17) is 9.84 Å². The van der Waals surface area contributed by atoms with Crippen LogP contribution in [0.2, 0.25) is 0 Å². The van der Waals surface area contributed by atoms with Gasteiger partial charge in [0.25, 0.3) is 0 Å². The molecular weight excluding hydrogens is 298 g/mol. The van der Waals surface area contributed by atoms with Crippen molar-refractivity contribution in [1.82, 2.24) is 9.97 Å². The fourth-order valence-electron chi connectivity index (χ4n) is 1.68. The third kappa shape index (κ3) is 2.18. The smallest absolute Gasteiger partial charge is 0.394 e. The van der Waals surface area contributed by atoms with E-state index in [-0.39, 0.29) is 12.6 Å². The van der Waals surface area contributed by atoms with Gasteiger partial charge in [0.15, 0.2) is 5.69 Å². The quantitative estimate of drug-likeness (QED) is 0.406. The maximum Gasteiger partial charge on any atom is 0.432 e. The van der Waals surface area contributed by atoms with Crippen LogP contribution < -0.4 is 0 Å². The maximum atomic E-state index is 10.5. The molecule has 94 valence electrons. The van der Waals surface area contributed by atoms with Crippen LogP contribution in [0, 0.1) is 10.1 Å². The van der Waals surface area contributed by atoms with E-state index in [1.807, 2.05) is 0 Å². The van der Waals surface area contributed by atoms with Gasteiger partial charge in [-0.2, -0.15) is 0 Å². The largest absolute Gasteiger partial charge is 0.432 e. The van der Waals surface area contributed by atoms with Gasteiger partial charge in [-0.3, -0.25) is 0 Å². The number of halogens is 1. The first-order chi connectivity index (χ1) is 8.04. The van der Waals surface area contributed by atoms with Gasteiger partial charge in [-0.05, 0) is 4.92 Å². The molecule has 1 aromatic rings. The van der Waals surface area contributed by atoms with E-state index in [1.165, 1.54) is 6.20 Å². The Labute approximate surface area is 104 Å². The summed E-state index contributed by atoms with van der Waals surface area (Å²) >= 11 is 3.22. The van der Waals surface area contributed by atoms with Gasteiger partial charge < -0.3 is 25.1 Å². The molecule has 1 aliphatic heterocycles. The molecule has 1 aliphatic rings. The third-order valence-corrected chi connectivity index (χ3v) is 3.57. The lowest BCUT2D eigenvalue weighted by atomic mass is 10.1. The number of aromatic amines is 1. The molecular formula is C8H10BrN3O5. The highest BCUT2D eigenvalue weighted by atomic mass is 79.9. The van der Waals surface area contributed by atoms with Crippen LogP contribution in [-0.4, -0.2) is 48.7 Å². The predicted octanol–water partition coefficient (Wildman–Crippen LogP) is -0.126. The first-order valence-electron chi connectivity index (χ1n) is 4.82. The second kappa shape index (κ2) is 4.69. The Balaban J connectivity index is 2.19. The fourth-order valence-corrected chi connectivity index (χ4v) is 2.41. The Morgan fingerprint density at radius 1 is 1.71 bits per heavy atom. The monoisotopic (exact) mass is 307 g/mol. The standard InChI is InChI=1S/C8H10BrN3O5/c9-5-6(14)4(2-13)17-7(5)3-1-10-8(11-3)12(15)16/h1,4-7,13-14H,2H2,(H,10,11)/t4-,5-,6-,7+/m1/s1. The fraction of sp³-hybridized carbons (Fsp3) is 0.625. The highest BCUT2D eigenvalue weighted by molar-refractivity contribution is 9.09. The molecule has 3 N–H and O–H groups in total. The van der Waals surface area contributed by atoms with E-state index in [1.54, 1.807) is 0 Å². The molecule has 0 amide bonds. The highest BCUT2D eigenvalue weighted by Gasteiger charge is 2.45. The van der Waals surface area contributed by atoms with Crippen LogP contribution in [0.4, 0.5) is 5.95 Å². The number of nitro groups is 1. The summed E-state index contributed by atoms with van der Waals surface area (Å²) in [7, 11) is 0.